The number of anilines is 1. The molecule has 1 saturated carbocycles. The van der Waals surface area contributed by atoms with E-state index in [1.807, 2.05) is 0 Å². The normalized spacial score (nSPS) is 17.2. The molecule has 0 unspecified atom stereocenters. The summed E-state index contributed by atoms with van der Waals surface area (Å²) < 4.78 is 12.8. The van der Waals surface area contributed by atoms with Crippen LogP contribution >= 0.6 is 0 Å². The monoisotopic (exact) mass is 194 g/mol. The summed E-state index contributed by atoms with van der Waals surface area (Å²) in [5.74, 6) is 0.486. The molecule has 1 aliphatic rings. The van der Waals surface area contributed by atoms with Crippen molar-refractivity contribution in [3.05, 3.63) is 24.3 Å². The highest BCUT2D eigenvalue weighted by Gasteiger charge is 2.14. The first kappa shape index (κ1) is 9.44. The Hall–Kier alpha value is -1.12. The van der Waals surface area contributed by atoms with Gasteiger partial charge in [-0.2, -0.15) is 0 Å². The van der Waals surface area contributed by atoms with Gasteiger partial charge in [0, 0.05) is 12.6 Å². The van der Waals surface area contributed by atoms with Gasteiger partial charge in [-0.25, -0.2) is 4.39 Å². The van der Waals surface area contributed by atoms with Crippen molar-refractivity contribution in [3.8, 4) is 0 Å². The maximum Gasteiger partial charge on any atom is 0.143 e. The van der Waals surface area contributed by atoms with Crippen LogP contribution in [-0.4, -0.2) is 11.5 Å². The predicted molar refractivity (Wildman–Crippen MR) is 54.6 cm³/mol. The average Bonchev–Trinajstić information content (AvgIpc) is 2.67. The van der Waals surface area contributed by atoms with Gasteiger partial charge in [0.1, 0.15) is 5.82 Å². The molecule has 0 bridgehead atoms. The maximum atomic E-state index is 12.8. The summed E-state index contributed by atoms with van der Waals surface area (Å²) in [6, 6.07) is 1.49. The Bertz CT molecular complexity index is 295. The molecular formula is C11H15FN2. The smallest absolute Gasteiger partial charge is 0.143 e. The van der Waals surface area contributed by atoms with Crippen molar-refractivity contribution in [2.75, 3.05) is 11.9 Å². The summed E-state index contributed by atoms with van der Waals surface area (Å²) in [5.41, 5.74) is 0.789. The van der Waals surface area contributed by atoms with Gasteiger partial charge in [-0.3, -0.25) is 4.98 Å². The Kier molecular flexibility index (Phi) is 2.96. The molecule has 14 heavy (non-hydrogen) atoms. The van der Waals surface area contributed by atoms with Crippen LogP contribution in [0.2, 0.25) is 0 Å². The molecule has 0 radical (unpaired) electrons. The van der Waals surface area contributed by atoms with Crippen LogP contribution in [0.15, 0.2) is 18.5 Å². The van der Waals surface area contributed by atoms with Crippen molar-refractivity contribution in [2.45, 2.75) is 25.7 Å². The lowest BCUT2D eigenvalue weighted by Crippen LogP contribution is -2.11. The van der Waals surface area contributed by atoms with Gasteiger partial charge in [0.25, 0.3) is 0 Å². The van der Waals surface area contributed by atoms with E-state index in [2.05, 4.69) is 10.3 Å². The van der Waals surface area contributed by atoms with Gasteiger partial charge < -0.3 is 5.32 Å². The molecule has 76 valence electrons. The second-order valence-corrected chi connectivity index (χ2v) is 3.92. The van der Waals surface area contributed by atoms with Crippen LogP contribution in [0, 0.1) is 11.7 Å². The van der Waals surface area contributed by atoms with Crippen molar-refractivity contribution in [3.63, 3.8) is 0 Å². The average molecular weight is 194 g/mol. The van der Waals surface area contributed by atoms with Crippen molar-refractivity contribution in [1.29, 1.82) is 0 Å². The summed E-state index contributed by atoms with van der Waals surface area (Å²) in [4.78, 5) is 3.79. The van der Waals surface area contributed by atoms with E-state index in [-0.39, 0.29) is 5.82 Å². The number of hydrogen-bond donors (Lipinski definition) is 1. The molecule has 0 atom stereocenters. The Morgan fingerprint density at radius 3 is 2.86 bits per heavy atom. The molecule has 0 aromatic carbocycles. The summed E-state index contributed by atoms with van der Waals surface area (Å²) >= 11 is 0. The molecule has 3 heteroatoms. The number of pyridine rings is 1. The van der Waals surface area contributed by atoms with E-state index >= 15 is 0 Å². The maximum absolute atomic E-state index is 12.8. The molecular weight excluding hydrogens is 179 g/mol. The number of rotatable bonds is 3. The van der Waals surface area contributed by atoms with E-state index in [0.29, 0.717) is 0 Å². The Labute approximate surface area is 83.6 Å². The van der Waals surface area contributed by atoms with Gasteiger partial charge in [-0.15, -0.1) is 0 Å². The highest BCUT2D eigenvalue weighted by Crippen LogP contribution is 2.24. The van der Waals surface area contributed by atoms with Gasteiger partial charge in [0.2, 0.25) is 0 Å². The Balaban J connectivity index is 1.85. The lowest BCUT2D eigenvalue weighted by molar-refractivity contribution is 0.578. The molecule has 1 fully saturated rings. The second-order valence-electron chi connectivity index (χ2n) is 3.92. The molecule has 0 saturated heterocycles. The predicted octanol–water partition coefficient (Wildman–Crippen LogP) is 2.82. The van der Waals surface area contributed by atoms with Gasteiger partial charge in [-0.05, 0) is 18.8 Å². The van der Waals surface area contributed by atoms with E-state index in [4.69, 9.17) is 0 Å². The molecule has 1 aromatic heterocycles. The highest BCUT2D eigenvalue weighted by atomic mass is 19.1. The fraction of sp³-hybridized carbons (Fsp3) is 0.545. The molecule has 1 aliphatic carbocycles. The zero-order chi connectivity index (χ0) is 9.80. The van der Waals surface area contributed by atoms with Crippen LogP contribution in [0.3, 0.4) is 0 Å². The molecule has 1 N–H and O–H groups in total. The van der Waals surface area contributed by atoms with Gasteiger partial charge in [0.15, 0.2) is 0 Å². The third-order valence-electron chi connectivity index (χ3n) is 2.77. The van der Waals surface area contributed by atoms with Crippen LogP contribution in [0.25, 0.3) is 0 Å². The molecule has 0 spiro atoms. The largest absolute Gasteiger partial charge is 0.383 e. The van der Waals surface area contributed by atoms with Gasteiger partial charge >= 0.3 is 0 Å². The van der Waals surface area contributed by atoms with Crippen LogP contribution in [0.4, 0.5) is 10.1 Å². The first-order valence-corrected chi connectivity index (χ1v) is 5.19. The lowest BCUT2D eigenvalue weighted by atomic mass is 10.1. The Morgan fingerprint density at radius 2 is 2.14 bits per heavy atom. The Morgan fingerprint density at radius 1 is 1.36 bits per heavy atom. The molecule has 1 heterocycles. The lowest BCUT2D eigenvalue weighted by Gasteiger charge is -2.11. The molecule has 2 nitrogen and oxygen atoms in total. The summed E-state index contributed by atoms with van der Waals surface area (Å²) in [7, 11) is 0. The van der Waals surface area contributed by atoms with Crippen molar-refractivity contribution in [2.24, 2.45) is 5.92 Å². The molecule has 0 aliphatic heterocycles. The number of aromatic nitrogens is 1. The minimum absolute atomic E-state index is 0.276. The second kappa shape index (κ2) is 4.40. The van der Waals surface area contributed by atoms with Crippen LogP contribution in [-0.2, 0) is 0 Å². The number of nitrogens with one attached hydrogen (secondary N) is 1. The van der Waals surface area contributed by atoms with Crippen molar-refractivity contribution < 1.29 is 4.39 Å². The zero-order valence-corrected chi connectivity index (χ0v) is 8.17. The third-order valence-corrected chi connectivity index (χ3v) is 2.77. The third kappa shape index (κ3) is 2.44. The van der Waals surface area contributed by atoms with Crippen molar-refractivity contribution in [1.82, 2.24) is 4.98 Å². The summed E-state index contributed by atoms with van der Waals surface area (Å²) in [6.45, 7) is 0.950. The van der Waals surface area contributed by atoms with E-state index in [1.165, 1.54) is 37.9 Å². The molecule has 1 aromatic rings. The summed E-state index contributed by atoms with van der Waals surface area (Å²) in [5, 5.41) is 3.22. The van der Waals surface area contributed by atoms with Crippen LogP contribution in [0.1, 0.15) is 25.7 Å². The zero-order valence-electron chi connectivity index (χ0n) is 8.17. The highest BCUT2D eigenvalue weighted by molar-refractivity contribution is 5.40. The first-order valence-electron chi connectivity index (χ1n) is 5.19. The van der Waals surface area contributed by atoms with E-state index < -0.39 is 0 Å². The van der Waals surface area contributed by atoms with Gasteiger partial charge in [-0.1, -0.05) is 12.8 Å². The number of halogens is 1. The topological polar surface area (TPSA) is 24.9 Å². The van der Waals surface area contributed by atoms with Gasteiger partial charge in [0.05, 0.1) is 18.1 Å². The molecule has 2 rings (SSSR count). The standard InChI is InChI=1S/C11H15FN2/c12-10-5-11(8-13-7-10)14-6-9-3-1-2-4-9/h5,7-9,14H,1-4,6H2. The van der Waals surface area contributed by atoms with E-state index in [9.17, 15) is 4.39 Å². The van der Waals surface area contributed by atoms with Crippen LogP contribution < -0.4 is 5.32 Å². The van der Waals surface area contributed by atoms with E-state index in [0.717, 1.165) is 18.2 Å². The number of hydrogen-bond acceptors (Lipinski definition) is 2. The minimum Gasteiger partial charge on any atom is -0.383 e. The van der Waals surface area contributed by atoms with Crippen LogP contribution in [0.5, 0.6) is 0 Å². The minimum atomic E-state index is -0.276. The molecule has 0 amide bonds. The van der Waals surface area contributed by atoms with Crippen molar-refractivity contribution >= 4 is 5.69 Å². The number of nitrogens with zero attached hydrogens (tertiary/aromatic N) is 1. The fourth-order valence-corrected chi connectivity index (χ4v) is 1.99. The quantitative estimate of drug-likeness (QED) is 0.800. The SMILES string of the molecule is Fc1cncc(NCC2CCCC2)c1. The first-order chi connectivity index (χ1) is 6.84. The summed E-state index contributed by atoms with van der Waals surface area (Å²) in [6.07, 6.45) is 8.17. The fourth-order valence-electron chi connectivity index (χ4n) is 1.99. The van der Waals surface area contributed by atoms with E-state index in [1.54, 1.807) is 6.20 Å².